The first-order chi connectivity index (χ1) is 12.6. The number of carbonyl (C=O) groups is 2. The van der Waals surface area contributed by atoms with Crippen LogP contribution in [0.15, 0.2) is 12.2 Å². The van der Waals surface area contributed by atoms with Gasteiger partial charge in [-0.25, -0.2) is 0 Å². The Bertz CT molecular complexity index is 329. The highest BCUT2D eigenvalue weighted by atomic mass is 16.5. The normalized spacial score (nSPS) is 11.0. The van der Waals surface area contributed by atoms with Crippen molar-refractivity contribution in [2.24, 2.45) is 0 Å². The molecule has 0 heterocycles. The summed E-state index contributed by atoms with van der Waals surface area (Å²) in [4.78, 5) is 21.2. The molecule has 0 aliphatic heterocycles. The summed E-state index contributed by atoms with van der Waals surface area (Å²) in [6.45, 7) is 4.08. The number of unbranched alkanes of at least 4 members (excludes halogenated alkanes) is 12. The van der Waals surface area contributed by atoms with E-state index in [4.69, 9.17) is 9.47 Å². The molecular formula is C22H40O4. The maximum Gasteiger partial charge on any atom is 0.302 e. The topological polar surface area (TPSA) is 52.6 Å². The van der Waals surface area contributed by atoms with Crippen molar-refractivity contribution >= 4 is 11.9 Å². The van der Waals surface area contributed by atoms with Gasteiger partial charge in [0.25, 0.3) is 0 Å². The number of hydrogen-bond acceptors (Lipinski definition) is 4. The maximum absolute atomic E-state index is 10.6. The molecule has 0 aliphatic rings. The van der Waals surface area contributed by atoms with E-state index in [-0.39, 0.29) is 11.9 Å². The summed E-state index contributed by atoms with van der Waals surface area (Å²) < 4.78 is 9.83. The van der Waals surface area contributed by atoms with Crippen LogP contribution in [0.2, 0.25) is 0 Å². The van der Waals surface area contributed by atoms with E-state index in [9.17, 15) is 9.59 Å². The van der Waals surface area contributed by atoms with Gasteiger partial charge in [0.05, 0.1) is 13.2 Å². The molecule has 0 bridgehead atoms. The fourth-order valence-electron chi connectivity index (χ4n) is 2.81. The second-order valence-corrected chi connectivity index (χ2v) is 6.97. The predicted octanol–water partition coefficient (Wildman–Crippen LogP) is 6.13. The standard InChI is InChI=1S/C22H40O4/c1-21(23)25-19-17-15-13-11-9-7-5-3-4-6-8-10-12-14-16-18-20-26-22(2)24/h3-4H,5-20H2,1-2H3. The molecule has 0 amide bonds. The van der Waals surface area contributed by atoms with Crippen molar-refractivity contribution in [2.75, 3.05) is 13.2 Å². The minimum Gasteiger partial charge on any atom is -0.466 e. The average molecular weight is 369 g/mol. The Morgan fingerprint density at radius 1 is 0.538 bits per heavy atom. The average Bonchev–Trinajstić information content (AvgIpc) is 2.59. The van der Waals surface area contributed by atoms with Crippen LogP contribution in [0.25, 0.3) is 0 Å². The Labute approximate surface area is 160 Å². The van der Waals surface area contributed by atoms with Crippen LogP contribution in [0.1, 0.15) is 104 Å². The van der Waals surface area contributed by atoms with Gasteiger partial charge < -0.3 is 9.47 Å². The van der Waals surface area contributed by atoms with Crippen LogP contribution in [0.4, 0.5) is 0 Å². The van der Waals surface area contributed by atoms with E-state index >= 15 is 0 Å². The number of allylic oxidation sites excluding steroid dienone is 2. The second-order valence-electron chi connectivity index (χ2n) is 6.97. The molecule has 0 atom stereocenters. The van der Waals surface area contributed by atoms with E-state index in [1.807, 2.05) is 0 Å². The number of hydrogen-bond donors (Lipinski definition) is 0. The third-order valence-electron chi connectivity index (χ3n) is 4.31. The molecule has 0 spiro atoms. The molecule has 0 aliphatic carbocycles. The molecule has 0 fully saturated rings. The molecule has 0 aromatic carbocycles. The van der Waals surface area contributed by atoms with Crippen molar-refractivity contribution in [3.05, 3.63) is 12.2 Å². The Kier molecular flexibility index (Phi) is 19.0. The molecule has 0 saturated heterocycles. The quantitative estimate of drug-likeness (QED) is 0.166. The number of rotatable bonds is 18. The van der Waals surface area contributed by atoms with Crippen molar-refractivity contribution in [3.63, 3.8) is 0 Å². The van der Waals surface area contributed by atoms with Gasteiger partial charge in [0.1, 0.15) is 0 Å². The zero-order valence-corrected chi connectivity index (χ0v) is 17.1. The molecule has 0 N–H and O–H groups in total. The lowest BCUT2D eigenvalue weighted by atomic mass is 10.1. The predicted molar refractivity (Wildman–Crippen MR) is 107 cm³/mol. The van der Waals surface area contributed by atoms with Crippen molar-refractivity contribution in [1.82, 2.24) is 0 Å². The van der Waals surface area contributed by atoms with Crippen LogP contribution >= 0.6 is 0 Å². The van der Waals surface area contributed by atoms with Gasteiger partial charge in [-0.15, -0.1) is 0 Å². The van der Waals surface area contributed by atoms with Crippen molar-refractivity contribution in [1.29, 1.82) is 0 Å². The van der Waals surface area contributed by atoms with Gasteiger partial charge in [-0.1, -0.05) is 63.5 Å². The molecule has 0 unspecified atom stereocenters. The van der Waals surface area contributed by atoms with Crippen LogP contribution in [-0.2, 0) is 19.1 Å². The van der Waals surface area contributed by atoms with E-state index in [1.54, 1.807) is 0 Å². The summed E-state index contributed by atoms with van der Waals surface area (Å²) in [5.41, 5.74) is 0. The first-order valence-corrected chi connectivity index (χ1v) is 10.5. The Morgan fingerprint density at radius 2 is 0.846 bits per heavy atom. The Balaban J connectivity index is 3.11. The zero-order valence-electron chi connectivity index (χ0n) is 17.1. The van der Waals surface area contributed by atoms with Crippen molar-refractivity contribution in [3.8, 4) is 0 Å². The lowest BCUT2D eigenvalue weighted by Gasteiger charge is -2.02. The summed E-state index contributed by atoms with van der Waals surface area (Å²) in [5.74, 6) is -0.346. The molecule has 26 heavy (non-hydrogen) atoms. The number of carbonyl (C=O) groups excluding carboxylic acids is 2. The molecule has 0 radical (unpaired) electrons. The number of ether oxygens (including phenoxy) is 2. The summed E-state index contributed by atoms with van der Waals surface area (Å²) in [5, 5.41) is 0. The largest absolute Gasteiger partial charge is 0.466 e. The highest BCUT2D eigenvalue weighted by Gasteiger charge is 1.95. The smallest absolute Gasteiger partial charge is 0.302 e. The van der Waals surface area contributed by atoms with Gasteiger partial charge in [-0.2, -0.15) is 0 Å². The summed E-state index contributed by atoms with van der Waals surface area (Å²) in [6, 6.07) is 0. The maximum atomic E-state index is 10.6. The summed E-state index contributed by atoms with van der Waals surface area (Å²) >= 11 is 0. The summed E-state index contributed by atoms with van der Waals surface area (Å²) in [6.07, 6.45) is 21.6. The van der Waals surface area contributed by atoms with Crippen LogP contribution in [0.3, 0.4) is 0 Å². The van der Waals surface area contributed by atoms with Gasteiger partial charge in [-0.05, 0) is 38.5 Å². The third-order valence-corrected chi connectivity index (χ3v) is 4.31. The van der Waals surface area contributed by atoms with Gasteiger partial charge in [0.2, 0.25) is 0 Å². The SMILES string of the molecule is CC(=O)OCCCCCCCCC=CCCCCCCCCOC(C)=O. The first kappa shape index (κ1) is 24.7. The number of esters is 2. The molecule has 152 valence electrons. The van der Waals surface area contributed by atoms with E-state index in [2.05, 4.69) is 12.2 Å². The minimum atomic E-state index is -0.173. The van der Waals surface area contributed by atoms with E-state index < -0.39 is 0 Å². The van der Waals surface area contributed by atoms with Gasteiger partial charge in [0.15, 0.2) is 0 Å². The molecule has 4 heteroatoms. The highest BCUT2D eigenvalue weighted by molar-refractivity contribution is 5.66. The van der Waals surface area contributed by atoms with Gasteiger partial charge in [-0.3, -0.25) is 9.59 Å². The van der Waals surface area contributed by atoms with Crippen molar-refractivity contribution in [2.45, 2.75) is 104 Å². The fraction of sp³-hybridized carbons (Fsp3) is 0.818. The van der Waals surface area contributed by atoms with Gasteiger partial charge >= 0.3 is 11.9 Å². The highest BCUT2D eigenvalue weighted by Crippen LogP contribution is 2.10. The first-order valence-electron chi connectivity index (χ1n) is 10.5. The zero-order chi connectivity index (χ0) is 19.3. The minimum absolute atomic E-state index is 0.173. The van der Waals surface area contributed by atoms with Gasteiger partial charge in [0, 0.05) is 13.8 Å². The molecule has 0 aromatic rings. The monoisotopic (exact) mass is 368 g/mol. The van der Waals surface area contributed by atoms with E-state index in [0.29, 0.717) is 13.2 Å². The molecular weight excluding hydrogens is 328 g/mol. The third kappa shape index (κ3) is 22.7. The Hall–Kier alpha value is -1.32. The van der Waals surface area contributed by atoms with Crippen LogP contribution in [0.5, 0.6) is 0 Å². The molecule has 4 nitrogen and oxygen atoms in total. The van der Waals surface area contributed by atoms with E-state index in [1.165, 1.54) is 78.1 Å². The lowest BCUT2D eigenvalue weighted by Crippen LogP contribution is -2.00. The summed E-state index contributed by atoms with van der Waals surface area (Å²) in [7, 11) is 0. The van der Waals surface area contributed by atoms with Crippen LogP contribution in [-0.4, -0.2) is 25.2 Å². The van der Waals surface area contributed by atoms with Crippen molar-refractivity contribution < 1.29 is 19.1 Å². The molecule has 0 saturated carbocycles. The molecule has 0 aromatic heterocycles. The fourth-order valence-corrected chi connectivity index (χ4v) is 2.81. The Morgan fingerprint density at radius 3 is 1.19 bits per heavy atom. The molecule has 0 rings (SSSR count). The van der Waals surface area contributed by atoms with Crippen LogP contribution < -0.4 is 0 Å². The second kappa shape index (κ2) is 20.0. The van der Waals surface area contributed by atoms with Crippen LogP contribution in [0, 0.1) is 0 Å². The van der Waals surface area contributed by atoms with E-state index in [0.717, 1.165) is 25.7 Å². The lowest BCUT2D eigenvalue weighted by molar-refractivity contribution is -0.142.